The van der Waals surface area contributed by atoms with Crippen molar-refractivity contribution in [3.63, 3.8) is 0 Å². The minimum Gasteiger partial charge on any atom is -0.508 e. The second kappa shape index (κ2) is 46.1. The maximum absolute atomic E-state index is 13.6. The number of carbonyl (C=O) groups excluding carboxylic acids is 4. The van der Waals surface area contributed by atoms with Gasteiger partial charge in [-0.25, -0.2) is 0 Å². The van der Waals surface area contributed by atoms with Crippen LogP contribution in [0.5, 0.6) is 5.75 Å². The third kappa shape index (κ3) is 30.4. The second-order valence-electron chi connectivity index (χ2n) is 32.6. The van der Waals surface area contributed by atoms with Crippen LogP contribution in [-0.4, -0.2) is 255 Å². The van der Waals surface area contributed by atoms with Gasteiger partial charge in [-0.1, -0.05) is 92.7 Å². The number of hydrogen-bond acceptors (Lipinski definition) is 25. The molecule has 0 aliphatic carbocycles. The number of unbranched alkanes of at least 4 members (excludes halogenated alkanes) is 2. The Morgan fingerprint density at radius 1 is 0.538 bits per heavy atom. The number of nitrogens with one attached hydrogen (secondary N) is 4. The van der Waals surface area contributed by atoms with Crippen molar-refractivity contribution in [3.05, 3.63) is 191 Å². The van der Waals surface area contributed by atoms with Gasteiger partial charge in [-0.15, -0.1) is 0 Å². The van der Waals surface area contributed by atoms with Crippen molar-refractivity contribution in [2.24, 2.45) is 5.92 Å². The number of rotatable bonds is 53. The van der Waals surface area contributed by atoms with Crippen molar-refractivity contribution >= 4 is 142 Å². The minimum absolute atomic E-state index is 0.00799. The number of carbonyl (C=O) groups is 5. The Bertz CT molecular complexity index is 6300. The molecule has 132 heavy (non-hydrogen) atoms. The Labute approximate surface area is 766 Å². The van der Waals surface area contributed by atoms with Crippen LogP contribution in [0, 0.1) is 5.92 Å². The van der Waals surface area contributed by atoms with Gasteiger partial charge in [0.25, 0.3) is 60.7 Å². The third-order valence-electron chi connectivity index (χ3n) is 22.2. The molecule has 38 nitrogen and oxygen atoms in total. The number of phenols is 1. The van der Waals surface area contributed by atoms with Gasteiger partial charge in [-0.05, 0) is 164 Å². The summed E-state index contributed by atoms with van der Waals surface area (Å²) in [7, 11) is -33.8. The fourth-order valence-corrected chi connectivity index (χ4v) is 21.0. The minimum atomic E-state index is -5.17. The van der Waals surface area contributed by atoms with Gasteiger partial charge in [0.1, 0.15) is 40.5 Å². The van der Waals surface area contributed by atoms with Gasteiger partial charge in [0.05, 0.1) is 92.1 Å². The topological polar surface area (TPSA) is 590 Å². The number of aliphatic carboxylic acids is 1. The lowest BCUT2D eigenvalue weighted by molar-refractivity contribution is -0.438. The number of carboxylic acid groups (broad SMARTS) is 1. The molecule has 2 aliphatic heterocycles. The molecular formula is C87H110N6O32PS6+. The van der Waals surface area contributed by atoms with E-state index >= 15 is 0 Å². The molecule has 0 fully saturated rings. The van der Waals surface area contributed by atoms with Crippen molar-refractivity contribution in [2.45, 2.75) is 141 Å². The monoisotopic (exact) mass is 1970 g/mol. The summed E-state index contributed by atoms with van der Waals surface area (Å²) in [5.74, 6) is -7.21. The van der Waals surface area contributed by atoms with Gasteiger partial charge in [0.2, 0.25) is 36.7 Å². The van der Waals surface area contributed by atoms with Crippen molar-refractivity contribution in [2.75, 3.05) is 115 Å². The number of carboxylic acids is 1. The van der Waals surface area contributed by atoms with Crippen LogP contribution in [0.4, 0.5) is 11.4 Å². The molecule has 0 spiro atoms. The fraction of sp³-hybridized carbons (Fsp3) is 0.425. The SMILES string of the molecule is C[C@H](NC(=O)[C@H](Cc1ccc(O)cc1)NC(=O)COCCOCCNC(=O)CCOCCOCCOCCNC(=O)CCc1ccc(C(=C\C=C2\N(CCCCS(=O)(=O)O)c3ccc4c(S(=O)(=O)O)cc(S(=O)(=O)O)cc4c3C2(C)C)/C=C/C2=[N+](CCCCS(=O)(=O)O)c3ccc4c(S(=O)(=O)O)cc(S(=O)(=O)O)cc4c3C2(C)C)cc1)P(=O)(O)C[C@@H](CCc1ccccc1)C(=O)O. The van der Waals surface area contributed by atoms with Crippen molar-refractivity contribution in [1.29, 1.82) is 0 Å². The summed E-state index contributed by atoms with van der Waals surface area (Å²) in [6, 6.07) is 29.8. The molecule has 0 saturated heterocycles. The fourth-order valence-electron chi connectivity index (χ4n) is 15.6. The molecule has 9 rings (SSSR count). The highest BCUT2D eigenvalue weighted by Gasteiger charge is 2.47. The first-order valence-electron chi connectivity index (χ1n) is 41.9. The summed E-state index contributed by atoms with van der Waals surface area (Å²) in [6.07, 6.45) is 7.04. The Morgan fingerprint density at radius 2 is 1.05 bits per heavy atom. The van der Waals surface area contributed by atoms with Gasteiger partial charge in [0, 0.05) is 96.8 Å². The van der Waals surface area contributed by atoms with E-state index in [1.54, 1.807) is 97.9 Å². The Balaban J connectivity index is 0.768. The average molecular weight is 1980 g/mol. The van der Waals surface area contributed by atoms with Gasteiger partial charge in [-0.3, -0.25) is 55.9 Å². The molecule has 0 radical (unpaired) electrons. The van der Waals surface area contributed by atoms with E-state index in [0.717, 1.165) is 17.7 Å². The van der Waals surface area contributed by atoms with Crippen molar-refractivity contribution in [3.8, 4) is 5.75 Å². The first-order chi connectivity index (χ1) is 61.8. The molecule has 2 aliphatic rings. The zero-order valence-corrected chi connectivity index (χ0v) is 78.8. The van der Waals surface area contributed by atoms with Crippen LogP contribution >= 0.6 is 7.37 Å². The van der Waals surface area contributed by atoms with E-state index < -0.39 is 158 Å². The highest BCUT2D eigenvalue weighted by Crippen LogP contribution is 2.53. The maximum Gasteiger partial charge on any atom is 0.307 e. The first-order valence-corrected chi connectivity index (χ1v) is 52.8. The zero-order chi connectivity index (χ0) is 97.0. The van der Waals surface area contributed by atoms with Crippen LogP contribution in [0.15, 0.2) is 177 Å². The number of fused-ring (bicyclic) bond motifs is 6. The molecule has 0 saturated carbocycles. The predicted octanol–water partition coefficient (Wildman–Crippen LogP) is 8.15. The van der Waals surface area contributed by atoms with Crippen LogP contribution < -0.4 is 26.2 Å². The van der Waals surface area contributed by atoms with Crippen LogP contribution in [0.2, 0.25) is 0 Å². The van der Waals surface area contributed by atoms with E-state index in [1.165, 1.54) is 55.5 Å². The van der Waals surface area contributed by atoms with Gasteiger partial charge in [0.15, 0.2) is 5.71 Å². The summed E-state index contributed by atoms with van der Waals surface area (Å²) >= 11 is 0. The molecule has 1 unspecified atom stereocenters. The number of ether oxygens (including phenoxy) is 5. The number of allylic oxidation sites excluding steroid dienone is 6. The highest BCUT2D eigenvalue weighted by atomic mass is 32.2. The van der Waals surface area contributed by atoms with E-state index in [-0.39, 0.29) is 183 Å². The Kier molecular flexibility index (Phi) is 37.0. The van der Waals surface area contributed by atoms with Gasteiger partial charge in [-0.2, -0.15) is 55.1 Å². The second-order valence-corrected chi connectivity index (χ2v) is 44.0. The average Bonchev–Trinajstić information content (AvgIpc) is 1.56. The first kappa shape index (κ1) is 106. The van der Waals surface area contributed by atoms with Crippen LogP contribution in [0.1, 0.15) is 113 Å². The number of nitrogens with zero attached hydrogens (tertiary/aromatic N) is 2. The predicted molar refractivity (Wildman–Crippen MR) is 488 cm³/mol. The number of amides is 4. The molecule has 0 aromatic heterocycles. The molecule has 7 aromatic rings. The van der Waals surface area contributed by atoms with Crippen LogP contribution in [0.3, 0.4) is 0 Å². The van der Waals surface area contributed by atoms with E-state index in [2.05, 4.69) is 21.3 Å². The summed E-state index contributed by atoms with van der Waals surface area (Å²) in [5, 5.41) is 30.0. The summed E-state index contributed by atoms with van der Waals surface area (Å²) < 4.78 is 255. The molecule has 4 amide bonds. The van der Waals surface area contributed by atoms with Gasteiger partial charge >= 0.3 is 5.97 Å². The quantitative estimate of drug-likeness (QED) is 0.00562. The number of phenolic OH excluding ortho intramolecular Hbond substituents is 1. The van der Waals surface area contributed by atoms with Crippen molar-refractivity contribution in [1.82, 2.24) is 21.3 Å². The van der Waals surface area contributed by atoms with E-state index in [0.29, 0.717) is 74.7 Å². The van der Waals surface area contributed by atoms with E-state index in [1.807, 2.05) is 18.2 Å². The number of hydrogen-bond donors (Lipinski definition) is 13. The molecule has 45 heteroatoms. The van der Waals surface area contributed by atoms with E-state index in [9.17, 15) is 121 Å². The lowest BCUT2D eigenvalue weighted by atomic mass is 9.78. The molecule has 720 valence electrons. The highest BCUT2D eigenvalue weighted by molar-refractivity contribution is 7.87. The molecule has 2 heterocycles. The van der Waals surface area contributed by atoms with Crippen LogP contribution in [-0.2, 0) is 143 Å². The van der Waals surface area contributed by atoms with E-state index in [4.69, 9.17) is 23.7 Å². The lowest BCUT2D eigenvalue weighted by Crippen LogP contribution is -2.51. The normalized spacial score (nSPS) is 15.7. The number of aromatic hydroxyl groups is 1. The Hall–Kier alpha value is -9.65. The summed E-state index contributed by atoms with van der Waals surface area (Å²) in [6.45, 7) is 9.18. The van der Waals surface area contributed by atoms with Crippen LogP contribution in [0.25, 0.3) is 27.1 Å². The van der Waals surface area contributed by atoms with Gasteiger partial charge < -0.3 is 65.0 Å². The summed E-state index contributed by atoms with van der Waals surface area (Å²) in [4.78, 5) is 73.8. The molecule has 0 bridgehead atoms. The molecule has 13 N–H and O–H groups in total. The number of benzene rings is 7. The third-order valence-corrected chi connectivity index (χ3v) is 29.5. The maximum atomic E-state index is 13.6. The number of aryl methyl sites for hydroxylation is 2. The molecule has 7 aromatic carbocycles. The molecular weight excluding hydrogens is 1860 g/mol. The summed E-state index contributed by atoms with van der Waals surface area (Å²) in [5.41, 5.74) is 2.84. The standard InChI is InChI=1S/C87H109N6O32PS6/c1-58(126(101,102)57-64(85(99)100)23-17-59-13-7-6-8-14-59)90-84(98)72(51-61-18-26-65(94)27-19-61)91-81(97)56-125-48-47-123-42-37-89-80(96)35-40-121-43-45-124-46-44-122-41-36-88-79(95)34-20-60-15-21-62(22-16-60)63(24-32-77-86(2,3)82-70-52-66(129(109,110)111)54-75(131(115,116)117)68(70)28-30-73(82)92(77)38-9-11-49-127(103,104)105)25-33-78-87(4,5)83-71-53-67(130(112,113)114)55-76(132(118,119)120)69(71)29-31-74(83)93(78)39-10-12-50-128(106,107)108/h6-8,13-16,18-19,21-22,24-33,52-55,58,64,72H,9-12,17,20,23,34-51,56-57H2,1-5H3,(H12-,88,89,90,91,94,95,96,97,98,99,100,101,102,103,104,105,106,107,108,109,110,111,112,113,114,115,116,117,118,119,120)/p+1/t58-,64-,72+/m1/s1. The molecule has 4 atom stereocenters. The lowest BCUT2D eigenvalue weighted by Gasteiger charge is -2.27. The Morgan fingerprint density at radius 3 is 1.61 bits per heavy atom. The number of anilines is 1. The van der Waals surface area contributed by atoms with Crippen molar-refractivity contribution < 1.29 is 150 Å². The zero-order valence-electron chi connectivity index (χ0n) is 73.0. The smallest absolute Gasteiger partial charge is 0.307 e. The largest absolute Gasteiger partial charge is 0.508 e.